The fourth-order valence-corrected chi connectivity index (χ4v) is 3.37. The third-order valence-corrected chi connectivity index (χ3v) is 5.00. The molecule has 1 heterocycles. The van der Waals surface area contributed by atoms with Crippen LogP contribution in [-0.2, 0) is 17.9 Å². The Morgan fingerprint density at radius 3 is 2.58 bits per heavy atom. The first kappa shape index (κ1) is 17.4. The highest BCUT2D eigenvalue weighted by atomic mass is 16.1. The summed E-state index contributed by atoms with van der Waals surface area (Å²) in [7, 11) is 0. The number of nitrogens with one attached hydrogen (secondary N) is 2. The Hall–Kier alpha value is -1.39. The summed E-state index contributed by atoms with van der Waals surface area (Å²) >= 11 is 0. The highest BCUT2D eigenvalue weighted by Crippen LogP contribution is 2.27. The number of hydrogen-bond acceptors (Lipinski definition) is 3. The van der Waals surface area contributed by atoms with Crippen molar-refractivity contribution in [3.8, 4) is 0 Å². The van der Waals surface area contributed by atoms with E-state index >= 15 is 0 Å². The zero-order valence-electron chi connectivity index (χ0n) is 14.7. The van der Waals surface area contributed by atoms with Gasteiger partial charge in [0.15, 0.2) is 0 Å². The first-order chi connectivity index (χ1) is 11.8. The van der Waals surface area contributed by atoms with Gasteiger partial charge in [-0.1, -0.05) is 37.1 Å². The molecule has 24 heavy (non-hydrogen) atoms. The lowest BCUT2D eigenvalue weighted by molar-refractivity contribution is -0.120. The standard InChI is InChI=1S/C20H31N3O/c24-20(15-21-13-17-8-9-17)22-14-18-6-5-7-19(12-18)16-23-10-3-1-2-4-11-23/h5-7,12,17,21H,1-4,8-11,13-16H2,(H,22,24). The summed E-state index contributed by atoms with van der Waals surface area (Å²) in [6.07, 6.45) is 8.03. The lowest BCUT2D eigenvalue weighted by Crippen LogP contribution is -2.34. The predicted molar refractivity (Wildman–Crippen MR) is 97.6 cm³/mol. The second-order valence-electron chi connectivity index (χ2n) is 7.36. The lowest BCUT2D eigenvalue weighted by atomic mass is 10.1. The normalized spacial score (nSPS) is 19.0. The highest BCUT2D eigenvalue weighted by Gasteiger charge is 2.20. The number of carbonyl (C=O) groups is 1. The Bertz CT molecular complexity index is 519. The molecule has 4 nitrogen and oxygen atoms in total. The molecule has 4 heteroatoms. The van der Waals surface area contributed by atoms with Crippen molar-refractivity contribution in [2.45, 2.75) is 51.6 Å². The summed E-state index contributed by atoms with van der Waals surface area (Å²) in [4.78, 5) is 14.4. The van der Waals surface area contributed by atoms with Crippen molar-refractivity contribution in [2.24, 2.45) is 5.92 Å². The van der Waals surface area contributed by atoms with Crippen LogP contribution in [-0.4, -0.2) is 37.0 Å². The molecule has 2 aliphatic rings. The molecule has 1 aliphatic heterocycles. The van der Waals surface area contributed by atoms with Crippen LogP contribution >= 0.6 is 0 Å². The number of carbonyl (C=O) groups excluding carboxylic acids is 1. The van der Waals surface area contributed by atoms with Crippen LogP contribution in [0.2, 0.25) is 0 Å². The minimum Gasteiger partial charge on any atom is -0.351 e. The molecule has 0 aromatic heterocycles. The van der Waals surface area contributed by atoms with E-state index in [1.54, 1.807) is 0 Å². The molecule has 0 bridgehead atoms. The number of likely N-dealkylation sites (tertiary alicyclic amines) is 1. The monoisotopic (exact) mass is 329 g/mol. The summed E-state index contributed by atoms with van der Waals surface area (Å²) in [6.45, 7) is 5.51. The number of nitrogens with zero attached hydrogens (tertiary/aromatic N) is 1. The number of hydrogen-bond donors (Lipinski definition) is 2. The van der Waals surface area contributed by atoms with Crippen molar-refractivity contribution in [2.75, 3.05) is 26.2 Å². The second kappa shape index (κ2) is 9.19. The van der Waals surface area contributed by atoms with Gasteiger partial charge >= 0.3 is 0 Å². The fourth-order valence-electron chi connectivity index (χ4n) is 3.37. The van der Waals surface area contributed by atoms with E-state index in [-0.39, 0.29) is 5.91 Å². The largest absolute Gasteiger partial charge is 0.351 e. The summed E-state index contributed by atoms with van der Waals surface area (Å²) < 4.78 is 0. The Morgan fingerprint density at radius 2 is 1.83 bits per heavy atom. The molecule has 132 valence electrons. The van der Waals surface area contributed by atoms with Crippen LogP contribution in [0.25, 0.3) is 0 Å². The van der Waals surface area contributed by atoms with E-state index in [1.807, 2.05) is 0 Å². The van der Waals surface area contributed by atoms with Gasteiger partial charge in [-0.25, -0.2) is 0 Å². The lowest BCUT2D eigenvalue weighted by Gasteiger charge is -2.20. The molecular formula is C20H31N3O. The average molecular weight is 329 g/mol. The number of benzene rings is 1. The summed E-state index contributed by atoms with van der Waals surface area (Å²) in [5.74, 6) is 0.905. The van der Waals surface area contributed by atoms with Gasteiger partial charge in [-0.2, -0.15) is 0 Å². The highest BCUT2D eigenvalue weighted by molar-refractivity contribution is 5.77. The predicted octanol–water partition coefficient (Wildman–Crippen LogP) is 2.68. The van der Waals surface area contributed by atoms with Gasteiger partial charge in [-0.3, -0.25) is 9.69 Å². The topological polar surface area (TPSA) is 44.4 Å². The van der Waals surface area contributed by atoms with Gasteiger partial charge in [0.05, 0.1) is 6.54 Å². The zero-order chi connectivity index (χ0) is 16.6. The number of amides is 1. The Kier molecular flexibility index (Phi) is 6.67. The van der Waals surface area contributed by atoms with Crippen molar-refractivity contribution >= 4 is 5.91 Å². The molecule has 1 saturated carbocycles. The molecule has 1 saturated heterocycles. The van der Waals surface area contributed by atoms with Gasteiger partial charge in [-0.15, -0.1) is 0 Å². The molecule has 1 amide bonds. The van der Waals surface area contributed by atoms with Crippen molar-refractivity contribution in [3.05, 3.63) is 35.4 Å². The van der Waals surface area contributed by atoms with Gasteiger partial charge < -0.3 is 10.6 Å². The van der Waals surface area contributed by atoms with E-state index in [1.165, 1.54) is 62.7 Å². The molecule has 1 aromatic rings. The van der Waals surface area contributed by atoms with Crippen molar-refractivity contribution in [1.82, 2.24) is 15.5 Å². The van der Waals surface area contributed by atoms with E-state index in [0.717, 1.165) is 19.0 Å². The SMILES string of the molecule is O=C(CNCC1CC1)NCc1cccc(CN2CCCCCC2)c1. The fraction of sp³-hybridized carbons (Fsp3) is 0.650. The maximum absolute atomic E-state index is 11.9. The van der Waals surface area contributed by atoms with Crippen LogP contribution in [0.1, 0.15) is 49.7 Å². The zero-order valence-corrected chi connectivity index (χ0v) is 14.7. The van der Waals surface area contributed by atoms with Gasteiger partial charge in [0.2, 0.25) is 5.91 Å². The molecule has 3 rings (SSSR count). The first-order valence-electron chi connectivity index (χ1n) is 9.57. The quantitative estimate of drug-likeness (QED) is 0.771. The van der Waals surface area contributed by atoms with Gasteiger partial charge in [0, 0.05) is 13.1 Å². The van der Waals surface area contributed by atoms with Gasteiger partial charge in [0.25, 0.3) is 0 Å². The maximum Gasteiger partial charge on any atom is 0.234 e. The minimum atomic E-state index is 0.0913. The maximum atomic E-state index is 11.9. The average Bonchev–Trinajstić information content (AvgIpc) is 3.41. The minimum absolute atomic E-state index is 0.0913. The third-order valence-electron chi connectivity index (χ3n) is 5.00. The van der Waals surface area contributed by atoms with E-state index in [0.29, 0.717) is 13.1 Å². The molecule has 2 N–H and O–H groups in total. The van der Waals surface area contributed by atoms with Crippen molar-refractivity contribution in [3.63, 3.8) is 0 Å². The van der Waals surface area contributed by atoms with E-state index in [4.69, 9.17) is 0 Å². The first-order valence-corrected chi connectivity index (χ1v) is 9.57. The summed E-state index contributed by atoms with van der Waals surface area (Å²) in [6, 6.07) is 8.65. The second-order valence-corrected chi connectivity index (χ2v) is 7.36. The Labute approximate surface area is 146 Å². The van der Waals surface area contributed by atoms with Crippen LogP contribution in [0.15, 0.2) is 24.3 Å². The Balaban J connectivity index is 1.41. The van der Waals surface area contributed by atoms with Crippen LogP contribution in [0.4, 0.5) is 0 Å². The molecule has 2 fully saturated rings. The molecular weight excluding hydrogens is 298 g/mol. The van der Waals surface area contributed by atoms with Crippen molar-refractivity contribution < 1.29 is 4.79 Å². The molecule has 0 radical (unpaired) electrons. The van der Waals surface area contributed by atoms with E-state index in [9.17, 15) is 4.79 Å². The van der Waals surface area contributed by atoms with Gasteiger partial charge in [-0.05, 0) is 62.4 Å². The van der Waals surface area contributed by atoms with Crippen LogP contribution in [0, 0.1) is 5.92 Å². The molecule has 0 spiro atoms. The van der Waals surface area contributed by atoms with Crippen LogP contribution in [0.5, 0.6) is 0 Å². The Morgan fingerprint density at radius 1 is 1.08 bits per heavy atom. The third kappa shape index (κ3) is 6.25. The van der Waals surface area contributed by atoms with Crippen LogP contribution in [0.3, 0.4) is 0 Å². The van der Waals surface area contributed by atoms with E-state index in [2.05, 4.69) is 39.8 Å². The smallest absolute Gasteiger partial charge is 0.234 e. The molecule has 0 unspecified atom stereocenters. The molecule has 1 aromatic carbocycles. The van der Waals surface area contributed by atoms with Crippen molar-refractivity contribution in [1.29, 1.82) is 0 Å². The van der Waals surface area contributed by atoms with Gasteiger partial charge in [0.1, 0.15) is 0 Å². The molecule has 0 atom stereocenters. The summed E-state index contributed by atoms with van der Waals surface area (Å²) in [5.41, 5.74) is 2.55. The van der Waals surface area contributed by atoms with E-state index < -0.39 is 0 Å². The number of rotatable bonds is 8. The van der Waals surface area contributed by atoms with Crippen LogP contribution < -0.4 is 10.6 Å². The summed E-state index contributed by atoms with van der Waals surface area (Å²) in [5, 5.41) is 6.26. The molecule has 1 aliphatic carbocycles.